The number of rotatable bonds is 8. The number of nitrogens with zero attached hydrogens (tertiary/aromatic N) is 1. The maximum absolute atomic E-state index is 13.1. The molecule has 34 heavy (non-hydrogen) atoms. The van der Waals surface area contributed by atoms with E-state index in [2.05, 4.69) is 12.2 Å². The van der Waals surface area contributed by atoms with Gasteiger partial charge in [-0.05, 0) is 68.1 Å². The molecule has 3 rings (SSSR count). The highest BCUT2D eigenvalue weighted by molar-refractivity contribution is 7.92. The van der Waals surface area contributed by atoms with Crippen LogP contribution in [0.15, 0.2) is 53.4 Å². The average molecular weight is 489 g/mol. The highest BCUT2D eigenvalue weighted by Crippen LogP contribution is 2.26. The van der Waals surface area contributed by atoms with Crippen molar-refractivity contribution >= 4 is 27.6 Å². The van der Waals surface area contributed by atoms with Crippen molar-refractivity contribution in [2.75, 3.05) is 18.5 Å². The number of carbonyl (C=O) groups is 2. The number of methoxy groups -OCH3 is 1. The van der Waals surface area contributed by atoms with Gasteiger partial charge in [-0.3, -0.25) is 9.10 Å². The number of hydrogen-bond donors (Lipinski definition) is 1. The lowest BCUT2D eigenvalue weighted by molar-refractivity contribution is -0.130. The molecule has 1 aliphatic carbocycles. The first-order valence-electron chi connectivity index (χ1n) is 11.4. The highest BCUT2D eigenvalue weighted by Gasteiger charge is 2.27. The van der Waals surface area contributed by atoms with Crippen molar-refractivity contribution in [1.82, 2.24) is 5.32 Å². The van der Waals surface area contributed by atoms with Crippen molar-refractivity contribution in [3.63, 3.8) is 0 Å². The van der Waals surface area contributed by atoms with Crippen LogP contribution in [0.3, 0.4) is 0 Å². The largest absolute Gasteiger partial charge is 0.497 e. The summed E-state index contributed by atoms with van der Waals surface area (Å²) >= 11 is 0. The van der Waals surface area contributed by atoms with Crippen LogP contribution in [0.2, 0.25) is 0 Å². The second-order valence-electron chi connectivity index (χ2n) is 8.62. The van der Waals surface area contributed by atoms with Crippen molar-refractivity contribution in [2.24, 2.45) is 5.92 Å². The molecule has 3 atom stereocenters. The number of benzene rings is 2. The molecule has 0 aromatic heterocycles. The minimum Gasteiger partial charge on any atom is -0.497 e. The predicted octanol–water partition coefficient (Wildman–Crippen LogP) is 3.76. The molecular weight excluding hydrogens is 456 g/mol. The van der Waals surface area contributed by atoms with E-state index in [-0.39, 0.29) is 22.4 Å². The van der Waals surface area contributed by atoms with Crippen LogP contribution < -0.4 is 14.4 Å². The zero-order valence-corrected chi connectivity index (χ0v) is 20.8. The molecule has 8 nitrogen and oxygen atoms in total. The first-order valence-corrected chi connectivity index (χ1v) is 12.8. The Hall–Kier alpha value is -3.07. The molecular formula is C25H32N2O6S. The molecule has 1 amide bonds. The summed E-state index contributed by atoms with van der Waals surface area (Å²) in [5.74, 6) is -0.126. The number of esters is 1. The Morgan fingerprint density at radius 1 is 1.09 bits per heavy atom. The first-order chi connectivity index (χ1) is 16.1. The van der Waals surface area contributed by atoms with Crippen LogP contribution in [-0.4, -0.2) is 46.6 Å². The number of anilines is 1. The van der Waals surface area contributed by atoms with E-state index in [4.69, 9.17) is 9.47 Å². The van der Waals surface area contributed by atoms with E-state index in [0.29, 0.717) is 17.4 Å². The lowest BCUT2D eigenvalue weighted by Gasteiger charge is -2.30. The van der Waals surface area contributed by atoms with Gasteiger partial charge in [-0.25, -0.2) is 13.2 Å². The second kappa shape index (κ2) is 10.9. The Labute approximate surface area is 201 Å². The van der Waals surface area contributed by atoms with Crippen LogP contribution >= 0.6 is 0 Å². The molecule has 0 aliphatic heterocycles. The summed E-state index contributed by atoms with van der Waals surface area (Å²) in [5.41, 5.74) is 0.492. The molecule has 1 aliphatic rings. The number of hydrogen-bond acceptors (Lipinski definition) is 6. The van der Waals surface area contributed by atoms with Gasteiger partial charge in [0.05, 0.1) is 23.3 Å². The minimum absolute atomic E-state index is 0.0508. The van der Waals surface area contributed by atoms with Crippen molar-refractivity contribution in [3.05, 3.63) is 54.1 Å². The van der Waals surface area contributed by atoms with Crippen molar-refractivity contribution < 1.29 is 27.5 Å². The lowest BCUT2D eigenvalue weighted by Crippen LogP contribution is -2.46. The van der Waals surface area contributed by atoms with Gasteiger partial charge < -0.3 is 14.8 Å². The quantitative estimate of drug-likeness (QED) is 0.568. The van der Waals surface area contributed by atoms with Gasteiger partial charge in [-0.2, -0.15) is 0 Å². The standard InChI is InChI=1S/C25H32N2O6S/c1-17-8-5-6-11-23(17)26-24(28)18(2)33-25(29)19-9-7-10-22(16-19)34(30,31)27(3)20-12-14-21(32-4)15-13-20/h7,9-10,12-18,23H,5-6,8,11H2,1-4H3,(H,26,28)/t17-,18+,23-/m0/s1. The normalized spacial score (nSPS) is 19.1. The van der Waals surface area contributed by atoms with Crippen LogP contribution in [0.4, 0.5) is 5.69 Å². The minimum atomic E-state index is -3.93. The fraction of sp³-hybridized carbons (Fsp3) is 0.440. The fourth-order valence-electron chi connectivity index (χ4n) is 3.99. The van der Waals surface area contributed by atoms with E-state index in [1.54, 1.807) is 24.3 Å². The second-order valence-corrected chi connectivity index (χ2v) is 10.6. The van der Waals surface area contributed by atoms with Gasteiger partial charge in [0.2, 0.25) is 0 Å². The summed E-state index contributed by atoms with van der Waals surface area (Å²) in [6, 6.07) is 12.2. The smallest absolute Gasteiger partial charge is 0.338 e. The number of carbonyl (C=O) groups excluding carboxylic acids is 2. The predicted molar refractivity (Wildman–Crippen MR) is 129 cm³/mol. The van der Waals surface area contributed by atoms with Gasteiger partial charge in [-0.15, -0.1) is 0 Å². The zero-order valence-electron chi connectivity index (χ0n) is 20.0. The van der Waals surface area contributed by atoms with Gasteiger partial charge in [0, 0.05) is 13.1 Å². The molecule has 9 heteroatoms. The van der Waals surface area contributed by atoms with E-state index in [1.165, 1.54) is 45.3 Å². The van der Waals surface area contributed by atoms with Crippen molar-refractivity contribution in [2.45, 2.75) is 56.6 Å². The molecule has 1 fully saturated rings. The van der Waals surface area contributed by atoms with Crippen molar-refractivity contribution in [1.29, 1.82) is 0 Å². The molecule has 0 bridgehead atoms. The monoisotopic (exact) mass is 488 g/mol. The van der Waals surface area contributed by atoms with Crippen LogP contribution in [0.5, 0.6) is 5.75 Å². The topological polar surface area (TPSA) is 102 Å². The summed E-state index contributed by atoms with van der Waals surface area (Å²) in [7, 11) is -0.972. The molecule has 0 heterocycles. The third-order valence-corrected chi connectivity index (χ3v) is 8.04. The van der Waals surface area contributed by atoms with E-state index in [9.17, 15) is 18.0 Å². The van der Waals surface area contributed by atoms with Gasteiger partial charge in [0.1, 0.15) is 5.75 Å². The number of amides is 1. The van der Waals surface area contributed by atoms with Crippen molar-refractivity contribution in [3.8, 4) is 5.75 Å². The summed E-state index contributed by atoms with van der Waals surface area (Å²) in [6.07, 6.45) is 3.20. The van der Waals surface area contributed by atoms with Crippen LogP contribution in [0, 0.1) is 5.92 Å². The van der Waals surface area contributed by atoms with Crippen LogP contribution in [-0.2, 0) is 19.6 Å². The molecule has 0 spiro atoms. The molecule has 1 N–H and O–H groups in total. The molecule has 184 valence electrons. The van der Waals surface area contributed by atoms with E-state index >= 15 is 0 Å². The zero-order chi connectivity index (χ0) is 24.9. The van der Waals surface area contributed by atoms with Crippen LogP contribution in [0.1, 0.15) is 49.9 Å². The molecule has 2 aromatic carbocycles. The number of sulfonamides is 1. The van der Waals surface area contributed by atoms with E-state index in [1.807, 2.05) is 0 Å². The molecule has 0 saturated heterocycles. The van der Waals surface area contributed by atoms with Gasteiger partial charge in [0.15, 0.2) is 6.10 Å². The number of nitrogens with one attached hydrogen (secondary N) is 1. The highest BCUT2D eigenvalue weighted by atomic mass is 32.2. The van der Waals surface area contributed by atoms with Crippen LogP contribution in [0.25, 0.3) is 0 Å². The Balaban J connectivity index is 1.69. The first kappa shape index (κ1) is 25.6. The summed E-state index contributed by atoms with van der Waals surface area (Å²) in [4.78, 5) is 25.2. The fourth-order valence-corrected chi connectivity index (χ4v) is 5.23. The SMILES string of the molecule is COc1ccc(N(C)S(=O)(=O)c2cccc(C(=O)O[C@H](C)C(=O)N[C@H]3CCCC[C@@H]3C)c2)cc1. The van der Waals surface area contributed by atoms with Gasteiger partial charge in [0.25, 0.3) is 15.9 Å². The molecule has 0 unspecified atom stereocenters. The Morgan fingerprint density at radius 3 is 2.41 bits per heavy atom. The average Bonchev–Trinajstić information content (AvgIpc) is 2.85. The Morgan fingerprint density at radius 2 is 1.76 bits per heavy atom. The maximum atomic E-state index is 13.1. The van der Waals surface area contributed by atoms with Gasteiger partial charge in [-0.1, -0.05) is 25.8 Å². The summed E-state index contributed by atoms with van der Waals surface area (Å²) < 4.78 is 37.8. The number of ether oxygens (including phenoxy) is 2. The Bertz CT molecular complexity index is 1120. The third kappa shape index (κ3) is 5.88. The maximum Gasteiger partial charge on any atom is 0.338 e. The van der Waals surface area contributed by atoms with E-state index < -0.39 is 22.1 Å². The summed E-state index contributed by atoms with van der Waals surface area (Å²) in [5, 5.41) is 2.97. The van der Waals surface area contributed by atoms with E-state index in [0.717, 1.165) is 30.0 Å². The molecule has 2 aromatic rings. The van der Waals surface area contributed by atoms with Gasteiger partial charge >= 0.3 is 5.97 Å². The summed E-state index contributed by atoms with van der Waals surface area (Å²) in [6.45, 7) is 3.62. The molecule has 0 radical (unpaired) electrons. The third-order valence-electron chi connectivity index (χ3n) is 6.26. The molecule has 1 saturated carbocycles. The Kier molecular flexibility index (Phi) is 8.19. The lowest BCUT2D eigenvalue weighted by atomic mass is 9.86.